The summed E-state index contributed by atoms with van der Waals surface area (Å²) >= 11 is 3.36. The molecule has 1 aliphatic heterocycles. The maximum atomic E-state index is 12.5. The Hall–Kier alpha value is -1.62. The van der Waals surface area contributed by atoms with Crippen molar-refractivity contribution >= 4 is 27.8 Å². The van der Waals surface area contributed by atoms with Crippen LogP contribution in [-0.2, 0) is 14.3 Å². The quantitative estimate of drug-likeness (QED) is 0.782. The Bertz CT molecular complexity index is 568. The summed E-state index contributed by atoms with van der Waals surface area (Å²) in [7, 11) is 1.36. The molecule has 1 aromatic carbocycles. The highest BCUT2D eigenvalue weighted by molar-refractivity contribution is 9.12. The van der Waals surface area contributed by atoms with Crippen LogP contribution in [0.4, 0.5) is 0 Å². The Morgan fingerprint density at radius 3 is 2.67 bits per heavy atom. The lowest BCUT2D eigenvalue weighted by atomic mass is 9.94. The van der Waals surface area contributed by atoms with Gasteiger partial charge in [-0.3, -0.25) is 9.59 Å². The fourth-order valence-corrected chi connectivity index (χ4v) is 2.87. The van der Waals surface area contributed by atoms with Gasteiger partial charge in [-0.1, -0.05) is 35.9 Å². The molecule has 0 radical (unpaired) electrons. The Kier molecular flexibility index (Phi) is 5.17. The van der Waals surface area contributed by atoms with Crippen LogP contribution < -0.4 is 0 Å². The van der Waals surface area contributed by atoms with Crippen LogP contribution in [-0.4, -0.2) is 30.4 Å². The molecule has 0 aromatic heterocycles. The summed E-state index contributed by atoms with van der Waals surface area (Å²) in [6.07, 6.45) is 0.961. The lowest BCUT2D eigenvalue weighted by Gasteiger charge is -2.36. The third kappa shape index (κ3) is 3.53. The molecular formula is C16H18BrNO3. The highest BCUT2D eigenvalue weighted by atomic mass is 79.9. The number of halogens is 1. The second-order valence-electron chi connectivity index (χ2n) is 5.05. The minimum atomic E-state index is -0.308. The molecule has 2 rings (SSSR count). The normalized spacial score (nSPS) is 18.9. The molecule has 4 nitrogen and oxygen atoms in total. The standard InChI is InChI=1S/C16H18BrNO3/c1-11-10-13(12-6-4-3-5-7-12)18(16(20)15(11)17)9-8-14(19)21-2/h3-7,13H,8-10H2,1-2H3. The molecule has 1 amide bonds. The van der Waals surface area contributed by atoms with E-state index in [0.717, 1.165) is 17.6 Å². The summed E-state index contributed by atoms with van der Waals surface area (Å²) in [6.45, 7) is 2.31. The number of carbonyl (C=O) groups is 2. The van der Waals surface area contributed by atoms with E-state index in [2.05, 4.69) is 20.7 Å². The molecule has 112 valence electrons. The maximum Gasteiger partial charge on any atom is 0.307 e. The fourth-order valence-electron chi connectivity index (χ4n) is 2.48. The molecule has 1 aliphatic rings. The first kappa shape index (κ1) is 15.8. The van der Waals surface area contributed by atoms with Crippen LogP contribution in [0.25, 0.3) is 0 Å². The zero-order valence-corrected chi connectivity index (χ0v) is 13.7. The molecular weight excluding hydrogens is 334 g/mol. The zero-order valence-electron chi connectivity index (χ0n) is 12.1. The lowest BCUT2D eigenvalue weighted by Crippen LogP contribution is -2.40. The molecule has 0 spiro atoms. The summed E-state index contributed by atoms with van der Waals surface area (Å²) in [5.41, 5.74) is 2.11. The molecule has 0 saturated carbocycles. The van der Waals surface area contributed by atoms with Crippen molar-refractivity contribution in [1.82, 2.24) is 4.90 Å². The molecule has 0 aliphatic carbocycles. The van der Waals surface area contributed by atoms with Crippen molar-refractivity contribution in [3.63, 3.8) is 0 Å². The highest BCUT2D eigenvalue weighted by Crippen LogP contribution is 2.36. The summed E-state index contributed by atoms with van der Waals surface area (Å²) in [4.78, 5) is 25.6. The van der Waals surface area contributed by atoms with Gasteiger partial charge in [-0.05, 0) is 34.8 Å². The molecule has 21 heavy (non-hydrogen) atoms. The predicted octanol–water partition coefficient (Wildman–Crippen LogP) is 3.19. The number of esters is 1. The van der Waals surface area contributed by atoms with E-state index in [4.69, 9.17) is 0 Å². The molecule has 1 heterocycles. The van der Waals surface area contributed by atoms with Gasteiger partial charge in [0.15, 0.2) is 0 Å². The number of ether oxygens (including phenoxy) is 1. The number of benzene rings is 1. The molecule has 0 fully saturated rings. The van der Waals surface area contributed by atoms with Gasteiger partial charge >= 0.3 is 5.97 Å². The molecule has 1 aromatic rings. The average Bonchev–Trinajstić information content (AvgIpc) is 2.52. The van der Waals surface area contributed by atoms with Gasteiger partial charge in [0, 0.05) is 6.54 Å². The lowest BCUT2D eigenvalue weighted by molar-refractivity contribution is -0.141. The zero-order chi connectivity index (χ0) is 15.4. The monoisotopic (exact) mass is 351 g/mol. The maximum absolute atomic E-state index is 12.5. The molecule has 5 heteroatoms. The van der Waals surface area contributed by atoms with Gasteiger partial charge < -0.3 is 9.64 Å². The Morgan fingerprint density at radius 1 is 1.38 bits per heavy atom. The predicted molar refractivity (Wildman–Crippen MR) is 83.8 cm³/mol. The van der Waals surface area contributed by atoms with Crippen molar-refractivity contribution in [3.05, 3.63) is 46.0 Å². The third-order valence-electron chi connectivity index (χ3n) is 3.67. The average molecular weight is 352 g/mol. The number of amides is 1. The summed E-state index contributed by atoms with van der Waals surface area (Å²) < 4.78 is 5.26. The van der Waals surface area contributed by atoms with Crippen molar-refractivity contribution in [3.8, 4) is 0 Å². The van der Waals surface area contributed by atoms with Crippen LogP contribution in [0.15, 0.2) is 40.4 Å². The van der Waals surface area contributed by atoms with Crippen molar-refractivity contribution in [2.24, 2.45) is 0 Å². The van der Waals surface area contributed by atoms with Gasteiger partial charge in [-0.25, -0.2) is 0 Å². The fraction of sp³-hybridized carbons (Fsp3) is 0.375. The number of hydrogen-bond acceptors (Lipinski definition) is 3. The number of hydrogen-bond donors (Lipinski definition) is 0. The summed E-state index contributed by atoms with van der Waals surface area (Å²) in [6, 6.07) is 9.85. The number of carbonyl (C=O) groups excluding carboxylic acids is 2. The van der Waals surface area contributed by atoms with E-state index in [1.807, 2.05) is 37.3 Å². The Labute approximate surface area is 132 Å². The van der Waals surface area contributed by atoms with Crippen molar-refractivity contribution in [2.45, 2.75) is 25.8 Å². The van der Waals surface area contributed by atoms with E-state index < -0.39 is 0 Å². The van der Waals surface area contributed by atoms with E-state index >= 15 is 0 Å². The van der Waals surface area contributed by atoms with Gasteiger partial charge in [-0.15, -0.1) is 0 Å². The topological polar surface area (TPSA) is 46.6 Å². The van der Waals surface area contributed by atoms with E-state index in [0.29, 0.717) is 11.0 Å². The summed E-state index contributed by atoms with van der Waals surface area (Å²) in [5.74, 6) is -0.381. The smallest absolute Gasteiger partial charge is 0.307 e. The van der Waals surface area contributed by atoms with E-state index in [1.54, 1.807) is 4.90 Å². The van der Waals surface area contributed by atoms with Gasteiger partial charge in [0.1, 0.15) is 0 Å². The first-order valence-electron chi connectivity index (χ1n) is 6.82. The van der Waals surface area contributed by atoms with Crippen molar-refractivity contribution < 1.29 is 14.3 Å². The molecule has 0 N–H and O–H groups in total. The SMILES string of the molecule is COC(=O)CCN1C(=O)C(Br)=C(C)CC1c1ccccc1. The molecule has 0 saturated heterocycles. The second-order valence-corrected chi connectivity index (χ2v) is 5.84. The molecule has 0 bridgehead atoms. The van der Waals surface area contributed by atoms with Gasteiger partial charge in [0.2, 0.25) is 0 Å². The molecule has 1 atom stereocenters. The molecule has 1 unspecified atom stereocenters. The number of nitrogens with zero attached hydrogens (tertiary/aromatic N) is 1. The van der Waals surface area contributed by atoms with Gasteiger partial charge in [0.05, 0.1) is 24.1 Å². The van der Waals surface area contributed by atoms with E-state index in [-0.39, 0.29) is 24.3 Å². The Balaban J connectivity index is 2.27. The van der Waals surface area contributed by atoms with E-state index in [9.17, 15) is 9.59 Å². The van der Waals surface area contributed by atoms with Crippen LogP contribution in [0, 0.1) is 0 Å². The largest absolute Gasteiger partial charge is 0.469 e. The second kappa shape index (κ2) is 6.89. The van der Waals surface area contributed by atoms with Crippen molar-refractivity contribution in [1.29, 1.82) is 0 Å². The van der Waals surface area contributed by atoms with Crippen LogP contribution in [0.3, 0.4) is 0 Å². The van der Waals surface area contributed by atoms with Gasteiger partial charge in [0.25, 0.3) is 5.91 Å². The van der Waals surface area contributed by atoms with Crippen LogP contribution in [0.2, 0.25) is 0 Å². The van der Waals surface area contributed by atoms with E-state index in [1.165, 1.54) is 7.11 Å². The third-order valence-corrected chi connectivity index (χ3v) is 4.68. The minimum Gasteiger partial charge on any atom is -0.469 e. The van der Waals surface area contributed by atoms with Gasteiger partial charge in [-0.2, -0.15) is 0 Å². The van der Waals surface area contributed by atoms with Crippen molar-refractivity contribution in [2.75, 3.05) is 13.7 Å². The first-order valence-corrected chi connectivity index (χ1v) is 7.62. The highest BCUT2D eigenvalue weighted by Gasteiger charge is 2.32. The van der Waals surface area contributed by atoms with Crippen LogP contribution in [0.5, 0.6) is 0 Å². The Morgan fingerprint density at radius 2 is 2.05 bits per heavy atom. The number of methoxy groups -OCH3 is 1. The first-order chi connectivity index (χ1) is 10.0. The minimum absolute atomic E-state index is 0.0374. The summed E-state index contributed by atoms with van der Waals surface area (Å²) in [5, 5.41) is 0. The number of rotatable bonds is 4. The van der Waals surface area contributed by atoms with Crippen LogP contribution >= 0.6 is 15.9 Å². The van der Waals surface area contributed by atoms with Crippen LogP contribution in [0.1, 0.15) is 31.4 Å².